The summed E-state index contributed by atoms with van der Waals surface area (Å²) in [5.74, 6) is -0.749. The predicted octanol–water partition coefficient (Wildman–Crippen LogP) is 10.6. The molecule has 2 N–H and O–H groups in total. The van der Waals surface area contributed by atoms with Gasteiger partial charge in [-0.15, -0.1) is 0 Å². The highest BCUT2D eigenvalue weighted by molar-refractivity contribution is 9.10. The van der Waals surface area contributed by atoms with E-state index in [1.165, 1.54) is 0 Å². The molecule has 2 saturated heterocycles. The summed E-state index contributed by atoms with van der Waals surface area (Å²) in [5.41, 5.74) is 3.57. The van der Waals surface area contributed by atoms with Gasteiger partial charge in [0.15, 0.2) is 17.0 Å². The Bertz CT molecular complexity index is 2650. The minimum atomic E-state index is -1.32. The number of benzene rings is 3. The van der Waals surface area contributed by atoms with Crippen LogP contribution in [0.3, 0.4) is 0 Å². The third kappa shape index (κ3) is 15.0. The van der Waals surface area contributed by atoms with Crippen molar-refractivity contribution in [3.8, 4) is 11.4 Å². The fourth-order valence-corrected chi connectivity index (χ4v) is 7.48. The number of aliphatic hydroxyl groups is 1. The van der Waals surface area contributed by atoms with Crippen LogP contribution in [0.4, 0.5) is 32.3 Å². The Morgan fingerprint density at radius 3 is 1.43 bits per heavy atom. The van der Waals surface area contributed by atoms with Crippen LogP contribution in [0.5, 0.6) is 0 Å². The van der Waals surface area contributed by atoms with Crippen LogP contribution in [0, 0.1) is 13.8 Å². The second-order valence-electron chi connectivity index (χ2n) is 18.3. The number of aromatic nitrogens is 4. The first-order chi connectivity index (χ1) is 33.8. The quantitative estimate of drug-likeness (QED) is 0.0939. The SMILES string of the molecule is CC(C)(C)OC(=O)N1C(=O)O[C@H](c2ccc(Br)cc2)[C@H]1CF.Cc1cn(-c2ccc([C@@H](O)[C@@H](CF)NC(=O)C(Cl)Cl)cc2)cn1.Cc1cn(-c2ccc([C@H]3OC(=O)N(C(=O)OC(C)(C)C)[C@@H]3CF)cc2)cn1. The number of hydrogen-bond donors (Lipinski definition) is 2. The molecular weight excluding hydrogens is 1050 g/mol. The van der Waals surface area contributed by atoms with Gasteiger partial charge in [0.1, 0.15) is 49.4 Å². The highest BCUT2D eigenvalue weighted by Crippen LogP contribution is 2.36. The molecule has 23 heteroatoms. The molecule has 2 aromatic heterocycles. The zero-order valence-corrected chi connectivity index (χ0v) is 43.6. The van der Waals surface area contributed by atoms with Gasteiger partial charge in [-0.1, -0.05) is 75.5 Å². The smallest absolute Gasteiger partial charge is 0.420 e. The largest absolute Gasteiger partial charge is 0.443 e. The Morgan fingerprint density at radius 2 is 1.10 bits per heavy atom. The van der Waals surface area contributed by atoms with Crippen LogP contribution in [0.1, 0.15) is 87.9 Å². The van der Waals surface area contributed by atoms with Crippen LogP contribution in [-0.2, 0) is 23.7 Å². The first kappa shape index (κ1) is 56.8. The molecule has 7 rings (SSSR count). The minimum absolute atomic E-state index is 0.467. The number of rotatable bonds is 11. The maximum Gasteiger partial charge on any atom is 0.420 e. The van der Waals surface area contributed by atoms with E-state index >= 15 is 0 Å². The second kappa shape index (κ2) is 24.5. The van der Waals surface area contributed by atoms with Gasteiger partial charge in [0, 0.05) is 28.2 Å². The highest BCUT2D eigenvalue weighted by Gasteiger charge is 2.49. The number of carbonyl (C=O) groups excluding carboxylic acids is 5. The number of amides is 5. The number of alkyl halides is 5. The number of nitrogens with one attached hydrogen (secondary N) is 1. The molecule has 0 bridgehead atoms. The van der Waals surface area contributed by atoms with Gasteiger partial charge in [-0.25, -0.2) is 52.1 Å². The van der Waals surface area contributed by atoms with E-state index < -0.39 is 103 Å². The number of cyclic esters (lactones) is 2. The zero-order valence-electron chi connectivity index (χ0n) is 40.5. The Hall–Kier alpha value is -6.16. The maximum atomic E-state index is 13.7. The van der Waals surface area contributed by atoms with E-state index in [2.05, 4.69) is 31.2 Å². The molecule has 0 saturated carbocycles. The zero-order chi connectivity index (χ0) is 53.2. The molecular formula is C49H55BrCl2F3N7O10. The lowest BCUT2D eigenvalue weighted by Crippen LogP contribution is -2.43. The van der Waals surface area contributed by atoms with Crippen molar-refractivity contribution in [2.75, 3.05) is 20.0 Å². The minimum Gasteiger partial charge on any atom is -0.443 e. The highest BCUT2D eigenvalue weighted by atomic mass is 79.9. The van der Waals surface area contributed by atoms with Crippen molar-refractivity contribution in [2.45, 2.75) is 108 Å². The average molecular weight is 1110 g/mol. The molecule has 388 valence electrons. The number of aliphatic hydroxyl groups excluding tert-OH is 1. The summed E-state index contributed by atoms with van der Waals surface area (Å²) in [7, 11) is 0. The van der Waals surface area contributed by atoms with Gasteiger partial charge in [0.05, 0.1) is 30.1 Å². The van der Waals surface area contributed by atoms with Gasteiger partial charge in [-0.05, 0) is 108 Å². The van der Waals surface area contributed by atoms with Crippen molar-refractivity contribution in [3.05, 3.63) is 130 Å². The Morgan fingerprint density at radius 1 is 0.708 bits per heavy atom. The molecule has 0 spiro atoms. The summed E-state index contributed by atoms with van der Waals surface area (Å²) in [6.45, 7) is 11.0. The average Bonchev–Trinajstić information content (AvgIpc) is 4.12. The van der Waals surface area contributed by atoms with Crippen LogP contribution >= 0.6 is 39.1 Å². The van der Waals surface area contributed by atoms with E-state index in [-0.39, 0.29) is 0 Å². The molecule has 17 nitrogen and oxygen atoms in total. The summed E-state index contributed by atoms with van der Waals surface area (Å²) in [5, 5.41) is 12.5. The van der Waals surface area contributed by atoms with Gasteiger partial charge in [-0.3, -0.25) is 4.79 Å². The van der Waals surface area contributed by atoms with E-state index in [1.54, 1.807) is 115 Å². The van der Waals surface area contributed by atoms with Gasteiger partial charge in [0.2, 0.25) is 0 Å². The predicted molar refractivity (Wildman–Crippen MR) is 263 cm³/mol. The molecule has 5 amide bonds. The van der Waals surface area contributed by atoms with E-state index in [0.29, 0.717) is 26.5 Å². The molecule has 2 aliphatic heterocycles. The molecule has 4 heterocycles. The number of imide groups is 2. The van der Waals surface area contributed by atoms with Gasteiger partial charge >= 0.3 is 24.4 Å². The topological polar surface area (TPSA) is 197 Å². The molecule has 5 aromatic rings. The fourth-order valence-electron chi connectivity index (χ4n) is 7.09. The molecule has 72 heavy (non-hydrogen) atoms. The monoisotopic (exact) mass is 1110 g/mol. The molecule has 0 unspecified atom stereocenters. The summed E-state index contributed by atoms with van der Waals surface area (Å²) in [6, 6.07) is 17.7. The lowest BCUT2D eigenvalue weighted by atomic mass is 10.0. The van der Waals surface area contributed by atoms with E-state index in [9.17, 15) is 42.3 Å². The maximum absolute atomic E-state index is 13.7. The van der Waals surface area contributed by atoms with Crippen molar-refractivity contribution in [2.24, 2.45) is 0 Å². The van der Waals surface area contributed by atoms with Crippen molar-refractivity contribution < 1.29 is 61.2 Å². The number of hydrogen-bond acceptors (Lipinski definition) is 12. The van der Waals surface area contributed by atoms with Gasteiger partial charge < -0.3 is 38.5 Å². The number of carbonyl (C=O) groups is 5. The number of ether oxygens (including phenoxy) is 4. The van der Waals surface area contributed by atoms with Crippen molar-refractivity contribution in [1.82, 2.24) is 34.2 Å². The third-order valence-corrected chi connectivity index (χ3v) is 11.4. The Balaban J connectivity index is 0.000000202. The number of imidazole rings is 2. The summed E-state index contributed by atoms with van der Waals surface area (Å²) < 4.78 is 65.5. The van der Waals surface area contributed by atoms with Crippen LogP contribution in [0.25, 0.3) is 11.4 Å². The van der Waals surface area contributed by atoms with E-state index in [1.807, 2.05) is 47.5 Å². The third-order valence-electron chi connectivity index (χ3n) is 10.5. The molecule has 2 aliphatic rings. The van der Waals surface area contributed by atoms with Crippen molar-refractivity contribution in [1.29, 1.82) is 0 Å². The van der Waals surface area contributed by atoms with E-state index in [0.717, 1.165) is 27.2 Å². The van der Waals surface area contributed by atoms with Crippen molar-refractivity contribution >= 4 is 69.4 Å². The van der Waals surface area contributed by atoms with Crippen LogP contribution in [0.2, 0.25) is 0 Å². The van der Waals surface area contributed by atoms with E-state index in [4.69, 9.17) is 42.1 Å². The van der Waals surface area contributed by atoms with Gasteiger partial charge in [0.25, 0.3) is 5.91 Å². The lowest BCUT2D eigenvalue weighted by Gasteiger charge is -2.25. The van der Waals surface area contributed by atoms with Gasteiger partial charge in [-0.2, -0.15) is 0 Å². The summed E-state index contributed by atoms with van der Waals surface area (Å²) >= 11 is 14.1. The molecule has 3 aromatic carbocycles. The fraction of sp³-hybridized carbons (Fsp3) is 0.408. The number of nitrogens with zero attached hydrogens (tertiary/aromatic N) is 6. The molecule has 2 fully saturated rings. The van der Waals surface area contributed by atoms with Crippen molar-refractivity contribution in [3.63, 3.8) is 0 Å². The Kier molecular flexibility index (Phi) is 19.3. The number of aryl methyl sites for hydroxylation is 2. The summed E-state index contributed by atoms with van der Waals surface area (Å²) in [6.07, 6.45) is 0.511. The van der Waals surface area contributed by atoms with Crippen LogP contribution < -0.4 is 5.32 Å². The second-order valence-corrected chi connectivity index (χ2v) is 20.4. The molecule has 0 radical (unpaired) electrons. The molecule has 0 aliphatic carbocycles. The molecule has 6 atom stereocenters. The van der Waals surface area contributed by atoms with Crippen LogP contribution in [-0.4, -0.2) is 118 Å². The first-order valence-corrected chi connectivity index (χ1v) is 23.9. The normalized spacial score (nSPS) is 18.5. The standard InChI is InChI=1S/C19H22FN3O4.C15H17BrFNO4.C15H16Cl2FN3O2/c1-12-10-22(11-21-12)14-7-5-13(6-8-14)16-15(9-20)23(17(24)26-16)18(25)27-19(2,3)4;1-15(2,3)22-14(20)18-11(8-17)12(21-13(18)19)9-4-6-10(16)7-5-9;1-9-7-21(8-19-9)11-4-2-10(3-5-11)13(22)12(6-18)20-15(23)14(16)17/h5-8,10-11,15-16H,9H2,1-4H3;4-7,11-12H,8H2,1-3H3;2-5,7-8,12-14,22H,6H2,1H3,(H,20,23)/t15-,16-;11-,12-;12-,13-/m111/s1. The van der Waals surface area contributed by atoms with Crippen LogP contribution in [0.15, 0.2) is 102 Å². The lowest BCUT2D eigenvalue weighted by molar-refractivity contribution is -0.121. The summed E-state index contributed by atoms with van der Waals surface area (Å²) in [4.78, 5) is 68.3. The number of halogens is 6. The Labute approximate surface area is 432 Å². The first-order valence-electron chi connectivity index (χ1n) is 22.2.